The Morgan fingerprint density at radius 1 is 1.11 bits per heavy atom. The van der Waals surface area contributed by atoms with Gasteiger partial charge in [0.1, 0.15) is 17.4 Å². The van der Waals surface area contributed by atoms with Crippen LogP contribution < -0.4 is 15.5 Å². The summed E-state index contributed by atoms with van der Waals surface area (Å²) >= 11 is 3.29. The molecule has 6 nitrogen and oxygen atoms in total. The predicted octanol–water partition coefficient (Wildman–Crippen LogP) is 3.63. The first-order chi connectivity index (χ1) is 12.8. The Morgan fingerprint density at radius 3 is 2.48 bits per heavy atom. The number of nitrogens with zero attached hydrogens (tertiary/aromatic N) is 1. The van der Waals surface area contributed by atoms with Crippen LogP contribution in [-0.4, -0.2) is 24.1 Å². The number of benzene rings is 2. The van der Waals surface area contributed by atoms with Gasteiger partial charge in [0.15, 0.2) is 6.61 Å². The van der Waals surface area contributed by atoms with Gasteiger partial charge in [0.2, 0.25) is 5.91 Å². The van der Waals surface area contributed by atoms with Crippen molar-refractivity contribution in [3.8, 4) is 5.75 Å². The highest BCUT2D eigenvalue weighted by Crippen LogP contribution is 2.16. The van der Waals surface area contributed by atoms with E-state index in [0.29, 0.717) is 17.5 Å². The molecule has 0 aliphatic rings. The van der Waals surface area contributed by atoms with Crippen molar-refractivity contribution in [2.45, 2.75) is 13.3 Å². The fraction of sp³-hybridized carbons (Fsp3) is 0.167. The zero-order chi connectivity index (χ0) is 19.8. The first-order valence-electron chi connectivity index (χ1n) is 7.79. The number of anilines is 1. The Morgan fingerprint density at radius 2 is 1.81 bits per heavy atom. The molecule has 0 unspecified atom stereocenters. The molecule has 0 heterocycles. The van der Waals surface area contributed by atoms with Crippen LogP contribution in [0.3, 0.4) is 0 Å². The van der Waals surface area contributed by atoms with E-state index in [1.54, 1.807) is 24.3 Å². The van der Waals surface area contributed by atoms with E-state index in [9.17, 15) is 18.4 Å². The van der Waals surface area contributed by atoms with E-state index in [2.05, 4.69) is 31.8 Å². The van der Waals surface area contributed by atoms with Crippen molar-refractivity contribution < 1.29 is 23.1 Å². The van der Waals surface area contributed by atoms with E-state index in [0.717, 1.165) is 16.6 Å². The summed E-state index contributed by atoms with van der Waals surface area (Å²) < 4.78 is 32.5. The quantitative estimate of drug-likeness (QED) is 0.510. The van der Waals surface area contributed by atoms with Crippen molar-refractivity contribution in [2.24, 2.45) is 5.10 Å². The summed E-state index contributed by atoms with van der Waals surface area (Å²) in [5, 5.41) is 6.09. The second kappa shape index (κ2) is 9.77. The second-order valence-corrected chi connectivity index (χ2v) is 6.39. The van der Waals surface area contributed by atoms with Crippen molar-refractivity contribution in [2.75, 3.05) is 11.9 Å². The standard InChI is InChI=1S/C18H16BrF2N3O3/c1-11(8-17(25)22-16-7-4-13(20)9-15(16)21)23-24-18(26)10-27-14-5-2-12(19)3-6-14/h2-7,9H,8,10H2,1H3,(H,22,25)(H,24,26). The van der Waals surface area contributed by atoms with Crippen LogP contribution in [0.5, 0.6) is 5.75 Å². The lowest BCUT2D eigenvalue weighted by atomic mass is 10.2. The molecule has 2 aromatic rings. The fourth-order valence-corrected chi connectivity index (χ4v) is 2.19. The van der Waals surface area contributed by atoms with Crippen molar-refractivity contribution >= 4 is 39.1 Å². The van der Waals surface area contributed by atoms with Gasteiger partial charge in [0.05, 0.1) is 12.1 Å². The van der Waals surface area contributed by atoms with Crippen LogP contribution in [0.15, 0.2) is 52.0 Å². The predicted molar refractivity (Wildman–Crippen MR) is 100 cm³/mol. The molecule has 9 heteroatoms. The summed E-state index contributed by atoms with van der Waals surface area (Å²) in [6.07, 6.45) is -0.176. The van der Waals surface area contributed by atoms with Gasteiger partial charge in [-0.25, -0.2) is 14.2 Å². The van der Waals surface area contributed by atoms with Gasteiger partial charge in [-0.05, 0) is 43.3 Å². The van der Waals surface area contributed by atoms with E-state index < -0.39 is 23.4 Å². The maximum atomic E-state index is 13.5. The summed E-state index contributed by atoms with van der Waals surface area (Å²) in [5.41, 5.74) is 2.42. The van der Waals surface area contributed by atoms with Crippen molar-refractivity contribution in [1.82, 2.24) is 5.43 Å². The molecule has 0 aliphatic carbocycles. The highest BCUT2D eigenvalue weighted by molar-refractivity contribution is 9.10. The lowest BCUT2D eigenvalue weighted by molar-refractivity contribution is -0.123. The third-order valence-corrected chi connectivity index (χ3v) is 3.71. The Kier molecular flexibility index (Phi) is 7.42. The normalized spacial score (nSPS) is 11.0. The smallest absolute Gasteiger partial charge is 0.277 e. The number of ether oxygens (including phenoxy) is 1. The molecule has 0 spiro atoms. The van der Waals surface area contributed by atoms with Crippen LogP contribution in [0.25, 0.3) is 0 Å². The van der Waals surface area contributed by atoms with Gasteiger partial charge in [-0.3, -0.25) is 9.59 Å². The molecule has 2 aromatic carbocycles. The Balaban J connectivity index is 1.77. The van der Waals surface area contributed by atoms with Crippen molar-refractivity contribution in [3.63, 3.8) is 0 Å². The zero-order valence-corrected chi connectivity index (χ0v) is 15.8. The summed E-state index contributed by atoms with van der Waals surface area (Å²) in [5.74, 6) is -2.15. The minimum absolute atomic E-state index is 0.138. The molecular formula is C18H16BrF2N3O3. The minimum Gasteiger partial charge on any atom is -0.484 e. The number of carbonyl (C=O) groups excluding carboxylic acids is 2. The molecule has 0 atom stereocenters. The first-order valence-corrected chi connectivity index (χ1v) is 8.58. The van der Waals surface area contributed by atoms with E-state index in [-0.39, 0.29) is 18.7 Å². The Hall–Kier alpha value is -2.81. The number of hydrazone groups is 1. The second-order valence-electron chi connectivity index (χ2n) is 5.47. The SMILES string of the molecule is CC(CC(=O)Nc1ccc(F)cc1F)=NNC(=O)COc1ccc(Br)cc1. The molecule has 0 fully saturated rings. The van der Waals surface area contributed by atoms with Crippen LogP contribution in [0, 0.1) is 11.6 Å². The number of carbonyl (C=O) groups is 2. The number of halogens is 3. The van der Waals surface area contributed by atoms with Gasteiger partial charge in [-0.2, -0.15) is 5.10 Å². The van der Waals surface area contributed by atoms with Crippen molar-refractivity contribution in [3.05, 3.63) is 58.6 Å². The number of nitrogens with one attached hydrogen (secondary N) is 2. The van der Waals surface area contributed by atoms with Crippen LogP contribution >= 0.6 is 15.9 Å². The Labute approximate surface area is 162 Å². The number of amides is 2. The molecular weight excluding hydrogens is 424 g/mol. The maximum absolute atomic E-state index is 13.5. The summed E-state index contributed by atoms with van der Waals surface area (Å²) in [4.78, 5) is 23.6. The maximum Gasteiger partial charge on any atom is 0.277 e. The van der Waals surface area contributed by atoms with Crippen LogP contribution in [0.2, 0.25) is 0 Å². The Bertz CT molecular complexity index is 857. The lowest BCUT2D eigenvalue weighted by Crippen LogP contribution is -2.26. The van der Waals surface area contributed by atoms with Gasteiger partial charge in [0.25, 0.3) is 5.91 Å². The van der Waals surface area contributed by atoms with Crippen molar-refractivity contribution in [1.29, 1.82) is 0 Å². The summed E-state index contributed by atoms with van der Waals surface area (Å²) in [7, 11) is 0. The van der Waals surface area contributed by atoms with Crippen LogP contribution in [-0.2, 0) is 9.59 Å². The molecule has 2 N–H and O–H groups in total. The molecule has 0 bridgehead atoms. The van der Waals surface area contributed by atoms with Gasteiger partial charge < -0.3 is 10.1 Å². The molecule has 0 aromatic heterocycles. The molecule has 0 radical (unpaired) electrons. The number of hydrogen-bond acceptors (Lipinski definition) is 4. The van der Waals surface area contributed by atoms with E-state index in [1.807, 2.05) is 0 Å². The largest absolute Gasteiger partial charge is 0.484 e. The van der Waals surface area contributed by atoms with Gasteiger partial charge in [-0.1, -0.05) is 15.9 Å². The molecule has 0 saturated heterocycles. The minimum atomic E-state index is -0.878. The van der Waals surface area contributed by atoms with Gasteiger partial charge in [0, 0.05) is 16.3 Å². The van der Waals surface area contributed by atoms with E-state index in [4.69, 9.17) is 4.74 Å². The first kappa shape index (κ1) is 20.5. The van der Waals surface area contributed by atoms with E-state index in [1.165, 1.54) is 6.92 Å². The monoisotopic (exact) mass is 439 g/mol. The average Bonchev–Trinajstić information content (AvgIpc) is 2.62. The third kappa shape index (κ3) is 7.14. The lowest BCUT2D eigenvalue weighted by Gasteiger charge is -2.07. The molecule has 27 heavy (non-hydrogen) atoms. The zero-order valence-electron chi connectivity index (χ0n) is 14.3. The van der Waals surface area contributed by atoms with Gasteiger partial charge >= 0.3 is 0 Å². The highest BCUT2D eigenvalue weighted by Gasteiger charge is 2.10. The molecule has 0 aliphatic heterocycles. The average molecular weight is 440 g/mol. The molecule has 2 amide bonds. The topological polar surface area (TPSA) is 79.8 Å². The third-order valence-electron chi connectivity index (χ3n) is 3.18. The van der Waals surface area contributed by atoms with E-state index >= 15 is 0 Å². The molecule has 0 saturated carbocycles. The highest BCUT2D eigenvalue weighted by atomic mass is 79.9. The summed E-state index contributed by atoms with van der Waals surface area (Å²) in [6, 6.07) is 9.77. The fourth-order valence-electron chi connectivity index (χ4n) is 1.93. The number of hydrogen-bond donors (Lipinski definition) is 2. The summed E-state index contributed by atoms with van der Waals surface area (Å²) in [6.45, 7) is 1.28. The number of rotatable bonds is 7. The molecule has 142 valence electrons. The molecule has 2 rings (SSSR count). The van der Waals surface area contributed by atoms with Crippen LogP contribution in [0.1, 0.15) is 13.3 Å². The van der Waals surface area contributed by atoms with Crippen LogP contribution in [0.4, 0.5) is 14.5 Å². The van der Waals surface area contributed by atoms with Gasteiger partial charge in [-0.15, -0.1) is 0 Å².